The highest BCUT2D eigenvalue weighted by atomic mass is 79.9. The third-order valence-electron chi connectivity index (χ3n) is 2.86. The molecule has 1 heterocycles. The van der Waals surface area contributed by atoms with Gasteiger partial charge < -0.3 is 5.32 Å². The zero-order valence-electron chi connectivity index (χ0n) is 10.2. The van der Waals surface area contributed by atoms with E-state index in [9.17, 15) is 4.39 Å². The Bertz CT molecular complexity index is 540. The van der Waals surface area contributed by atoms with E-state index in [0.29, 0.717) is 5.56 Å². The van der Waals surface area contributed by atoms with Gasteiger partial charge in [-0.05, 0) is 59.2 Å². The van der Waals surface area contributed by atoms with Gasteiger partial charge in [0.15, 0.2) is 0 Å². The summed E-state index contributed by atoms with van der Waals surface area (Å²) in [4.78, 5) is 4.35. The molecule has 4 heteroatoms. The number of nitrogens with zero attached hydrogens (tertiary/aromatic N) is 1. The van der Waals surface area contributed by atoms with Crippen LogP contribution in [0.5, 0.6) is 0 Å². The van der Waals surface area contributed by atoms with Crippen molar-refractivity contribution in [1.82, 2.24) is 10.3 Å². The summed E-state index contributed by atoms with van der Waals surface area (Å²) in [6.45, 7) is 1.76. The molecule has 1 atom stereocenters. The largest absolute Gasteiger partial charge is 0.308 e. The van der Waals surface area contributed by atoms with E-state index in [0.717, 1.165) is 15.7 Å². The van der Waals surface area contributed by atoms with Gasteiger partial charge in [0, 0.05) is 10.7 Å². The molecule has 0 bridgehead atoms. The third kappa shape index (κ3) is 2.76. The zero-order valence-corrected chi connectivity index (χ0v) is 11.8. The molecule has 0 aliphatic carbocycles. The summed E-state index contributed by atoms with van der Waals surface area (Å²) in [5.74, 6) is -0.190. The first-order valence-corrected chi connectivity index (χ1v) is 6.46. The minimum Gasteiger partial charge on any atom is -0.308 e. The highest BCUT2D eigenvalue weighted by Gasteiger charge is 2.14. The lowest BCUT2D eigenvalue weighted by molar-refractivity contribution is 0.606. The lowest BCUT2D eigenvalue weighted by Gasteiger charge is -2.16. The number of halogens is 2. The standard InChI is InChI=1S/C14H14BrFN2/c1-9-3-4-10(7-12(9)16)14(17-2)13-6-5-11(15)8-18-13/h3-8,14,17H,1-2H3. The fourth-order valence-corrected chi connectivity index (χ4v) is 2.07. The van der Waals surface area contributed by atoms with Crippen LogP contribution >= 0.6 is 15.9 Å². The number of hydrogen-bond acceptors (Lipinski definition) is 2. The second kappa shape index (κ2) is 5.59. The van der Waals surface area contributed by atoms with Crippen LogP contribution in [-0.2, 0) is 0 Å². The molecule has 0 aliphatic rings. The summed E-state index contributed by atoms with van der Waals surface area (Å²) >= 11 is 3.35. The average Bonchev–Trinajstić information content (AvgIpc) is 2.37. The molecule has 1 unspecified atom stereocenters. The molecule has 2 nitrogen and oxygen atoms in total. The molecule has 2 rings (SSSR count). The summed E-state index contributed by atoms with van der Waals surface area (Å²) in [5, 5.41) is 3.16. The van der Waals surface area contributed by atoms with Crippen molar-refractivity contribution in [3.8, 4) is 0 Å². The molecule has 1 aromatic carbocycles. The van der Waals surface area contributed by atoms with Crippen molar-refractivity contribution in [1.29, 1.82) is 0 Å². The Morgan fingerprint density at radius 3 is 2.61 bits per heavy atom. The van der Waals surface area contributed by atoms with E-state index in [1.165, 1.54) is 0 Å². The molecule has 18 heavy (non-hydrogen) atoms. The van der Waals surface area contributed by atoms with Gasteiger partial charge in [-0.3, -0.25) is 4.98 Å². The molecule has 1 aromatic heterocycles. The predicted octanol–water partition coefficient (Wildman–Crippen LogP) is 3.60. The Morgan fingerprint density at radius 1 is 1.28 bits per heavy atom. The van der Waals surface area contributed by atoms with Crippen LogP contribution in [0.4, 0.5) is 4.39 Å². The van der Waals surface area contributed by atoms with Gasteiger partial charge in [-0.25, -0.2) is 4.39 Å². The van der Waals surface area contributed by atoms with Crippen molar-refractivity contribution in [3.63, 3.8) is 0 Å². The summed E-state index contributed by atoms with van der Waals surface area (Å²) < 4.78 is 14.5. The Kier molecular flexibility index (Phi) is 4.09. The first-order valence-electron chi connectivity index (χ1n) is 5.66. The summed E-state index contributed by atoms with van der Waals surface area (Å²) in [5.41, 5.74) is 2.39. The number of rotatable bonds is 3. The molecule has 94 valence electrons. The smallest absolute Gasteiger partial charge is 0.126 e. The highest BCUT2D eigenvalue weighted by molar-refractivity contribution is 9.10. The molecule has 0 fully saturated rings. The van der Waals surface area contributed by atoms with Gasteiger partial charge in [-0.15, -0.1) is 0 Å². The molecular formula is C14H14BrFN2. The number of aryl methyl sites for hydroxylation is 1. The second-order valence-corrected chi connectivity index (χ2v) is 5.05. The van der Waals surface area contributed by atoms with Crippen molar-refractivity contribution in [2.45, 2.75) is 13.0 Å². The lowest BCUT2D eigenvalue weighted by atomic mass is 10.0. The number of pyridine rings is 1. The van der Waals surface area contributed by atoms with Crippen molar-refractivity contribution in [2.24, 2.45) is 0 Å². The van der Waals surface area contributed by atoms with Gasteiger partial charge in [0.1, 0.15) is 5.82 Å². The highest BCUT2D eigenvalue weighted by Crippen LogP contribution is 2.22. The Balaban J connectivity index is 2.38. The fraction of sp³-hybridized carbons (Fsp3) is 0.214. The molecule has 0 spiro atoms. The summed E-state index contributed by atoms with van der Waals surface area (Å²) in [6.07, 6.45) is 1.74. The minimum absolute atomic E-state index is 0.104. The topological polar surface area (TPSA) is 24.9 Å². The molecular weight excluding hydrogens is 295 g/mol. The van der Waals surface area contributed by atoms with E-state index in [-0.39, 0.29) is 11.9 Å². The van der Waals surface area contributed by atoms with Crippen LogP contribution in [0, 0.1) is 12.7 Å². The Labute approximate surface area is 114 Å². The second-order valence-electron chi connectivity index (χ2n) is 4.13. The molecule has 0 saturated carbocycles. The van der Waals surface area contributed by atoms with Crippen molar-refractivity contribution in [3.05, 3.63) is 63.6 Å². The van der Waals surface area contributed by atoms with E-state index < -0.39 is 0 Å². The van der Waals surface area contributed by atoms with Crippen LogP contribution in [0.3, 0.4) is 0 Å². The van der Waals surface area contributed by atoms with Crippen LogP contribution in [0.15, 0.2) is 41.0 Å². The van der Waals surface area contributed by atoms with E-state index in [4.69, 9.17) is 0 Å². The maximum absolute atomic E-state index is 13.6. The maximum atomic E-state index is 13.6. The average molecular weight is 309 g/mol. The SMILES string of the molecule is CNC(c1ccc(C)c(F)c1)c1ccc(Br)cn1. The lowest BCUT2D eigenvalue weighted by Crippen LogP contribution is -2.19. The van der Waals surface area contributed by atoms with E-state index >= 15 is 0 Å². The molecule has 0 aliphatic heterocycles. The Morgan fingerprint density at radius 2 is 2.06 bits per heavy atom. The van der Waals surface area contributed by atoms with Gasteiger partial charge in [0.2, 0.25) is 0 Å². The van der Waals surface area contributed by atoms with Crippen LogP contribution in [0.1, 0.15) is 22.9 Å². The van der Waals surface area contributed by atoms with E-state index in [1.807, 2.05) is 25.2 Å². The monoisotopic (exact) mass is 308 g/mol. The van der Waals surface area contributed by atoms with E-state index in [2.05, 4.69) is 26.2 Å². The van der Waals surface area contributed by atoms with Gasteiger partial charge in [0.05, 0.1) is 11.7 Å². The van der Waals surface area contributed by atoms with Crippen LogP contribution in [-0.4, -0.2) is 12.0 Å². The number of benzene rings is 1. The number of nitrogens with one attached hydrogen (secondary N) is 1. The minimum atomic E-state index is -0.190. The zero-order chi connectivity index (χ0) is 13.1. The van der Waals surface area contributed by atoms with Gasteiger partial charge in [0.25, 0.3) is 0 Å². The maximum Gasteiger partial charge on any atom is 0.126 e. The fourth-order valence-electron chi connectivity index (χ4n) is 1.83. The number of hydrogen-bond donors (Lipinski definition) is 1. The molecule has 0 saturated heterocycles. The van der Waals surface area contributed by atoms with Gasteiger partial charge in [-0.1, -0.05) is 12.1 Å². The predicted molar refractivity (Wildman–Crippen MR) is 74.0 cm³/mol. The van der Waals surface area contributed by atoms with Crippen molar-refractivity contribution < 1.29 is 4.39 Å². The van der Waals surface area contributed by atoms with Crippen molar-refractivity contribution in [2.75, 3.05) is 7.05 Å². The summed E-state index contributed by atoms with van der Waals surface area (Å²) in [6, 6.07) is 9.01. The van der Waals surface area contributed by atoms with Crippen LogP contribution in [0.25, 0.3) is 0 Å². The Hall–Kier alpha value is -1.26. The van der Waals surface area contributed by atoms with Gasteiger partial charge in [-0.2, -0.15) is 0 Å². The van der Waals surface area contributed by atoms with Crippen LogP contribution < -0.4 is 5.32 Å². The molecule has 0 radical (unpaired) electrons. The van der Waals surface area contributed by atoms with E-state index in [1.54, 1.807) is 25.3 Å². The first kappa shape index (κ1) is 13.2. The van der Waals surface area contributed by atoms with Crippen LogP contribution in [0.2, 0.25) is 0 Å². The van der Waals surface area contributed by atoms with Crippen molar-refractivity contribution >= 4 is 15.9 Å². The third-order valence-corrected chi connectivity index (χ3v) is 3.33. The molecule has 2 aromatic rings. The van der Waals surface area contributed by atoms with Gasteiger partial charge >= 0.3 is 0 Å². The summed E-state index contributed by atoms with van der Waals surface area (Å²) in [7, 11) is 1.84. The first-order chi connectivity index (χ1) is 8.61. The normalized spacial score (nSPS) is 12.4. The molecule has 1 N–H and O–H groups in total. The molecule has 0 amide bonds. The number of aromatic nitrogens is 1. The quantitative estimate of drug-likeness (QED) is 0.937.